The normalized spacial score (nSPS) is 12.3. The minimum atomic E-state index is -0.136. The zero-order valence-electron chi connectivity index (χ0n) is 12.5. The van der Waals surface area contributed by atoms with Gasteiger partial charge in [0.15, 0.2) is 5.82 Å². The van der Waals surface area contributed by atoms with Crippen LogP contribution in [0.15, 0.2) is 33.7 Å². The fourth-order valence-corrected chi connectivity index (χ4v) is 2.50. The van der Waals surface area contributed by atoms with Crippen molar-refractivity contribution < 1.29 is 14.0 Å². The van der Waals surface area contributed by atoms with Gasteiger partial charge in [-0.2, -0.15) is 4.98 Å². The molecule has 1 heterocycles. The third kappa shape index (κ3) is 4.75. The first-order valence-corrected chi connectivity index (χ1v) is 8.01. The number of aromatic nitrogens is 2. The Morgan fingerprint density at radius 2 is 1.95 bits per heavy atom. The lowest BCUT2D eigenvalue weighted by atomic mass is 10.3. The van der Waals surface area contributed by atoms with Gasteiger partial charge in [-0.25, -0.2) is 0 Å². The minimum Gasteiger partial charge on any atom is -0.494 e. The van der Waals surface area contributed by atoms with Crippen LogP contribution in [-0.4, -0.2) is 23.4 Å². The number of thioether (sulfide) groups is 1. The van der Waals surface area contributed by atoms with Gasteiger partial charge >= 0.3 is 0 Å². The van der Waals surface area contributed by atoms with Crippen molar-refractivity contribution in [2.24, 2.45) is 0 Å². The highest BCUT2D eigenvalue weighted by Crippen LogP contribution is 2.25. The van der Waals surface area contributed by atoms with Gasteiger partial charge in [0.05, 0.1) is 12.4 Å². The molecule has 1 aromatic carbocycles. The van der Waals surface area contributed by atoms with Crippen LogP contribution in [0.1, 0.15) is 38.6 Å². The molecule has 21 heavy (non-hydrogen) atoms. The quantitative estimate of drug-likeness (QED) is 0.690. The van der Waals surface area contributed by atoms with Crippen molar-refractivity contribution in [2.75, 3.05) is 13.2 Å². The number of rotatable bonds is 8. The molecule has 0 aliphatic carbocycles. The summed E-state index contributed by atoms with van der Waals surface area (Å²) in [4.78, 5) is 5.48. The van der Waals surface area contributed by atoms with Crippen molar-refractivity contribution in [3.05, 3.63) is 36.0 Å². The zero-order chi connectivity index (χ0) is 15.1. The molecule has 0 radical (unpaired) electrons. The van der Waals surface area contributed by atoms with Crippen molar-refractivity contribution in [3.8, 4) is 5.75 Å². The van der Waals surface area contributed by atoms with Crippen LogP contribution in [0.3, 0.4) is 0 Å². The molecule has 0 bridgehead atoms. The highest BCUT2D eigenvalue weighted by Gasteiger charge is 2.13. The Balaban J connectivity index is 1.88. The summed E-state index contributed by atoms with van der Waals surface area (Å²) >= 11 is 1.65. The third-order valence-corrected chi connectivity index (χ3v) is 3.76. The SMILES string of the molecule is CCOc1ccc(SCc2nc([C@@H](C)OCC)no2)cc1. The monoisotopic (exact) mass is 308 g/mol. The van der Waals surface area contributed by atoms with E-state index >= 15 is 0 Å². The van der Waals surface area contributed by atoms with E-state index in [1.54, 1.807) is 11.8 Å². The zero-order valence-corrected chi connectivity index (χ0v) is 13.4. The molecular weight excluding hydrogens is 288 g/mol. The third-order valence-electron chi connectivity index (χ3n) is 2.76. The summed E-state index contributed by atoms with van der Waals surface area (Å²) in [5.41, 5.74) is 0. The Bertz CT molecular complexity index is 542. The minimum absolute atomic E-state index is 0.136. The van der Waals surface area contributed by atoms with Gasteiger partial charge in [0, 0.05) is 11.5 Å². The van der Waals surface area contributed by atoms with E-state index in [1.165, 1.54) is 0 Å². The largest absolute Gasteiger partial charge is 0.494 e. The predicted molar refractivity (Wildman–Crippen MR) is 81.5 cm³/mol. The molecule has 1 aromatic heterocycles. The van der Waals surface area contributed by atoms with Gasteiger partial charge < -0.3 is 14.0 Å². The van der Waals surface area contributed by atoms with E-state index in [4.69, 9.17) is 14.0 Å². The second-order valence-corrected chi connectivity index (χ2v) is 5.39. The molecule has 6 heteroatoms. The number of ether oxygens (including phenoxy) is 2. The van der Waals surface area contributed by atoms with Crippen molar-refractivity contribution in [1.82, 2.24) is 10.1 Å². The summed E-state index contributed by atoms with van der Waals surface area (Å²) in [5.74, 6) is 2.72. The standard InChI is InChI=1S/C15H20N2O3S/c1-4-18-11(3)15-16-14(20-17-15)10-21-13-8-6-12(7-9-13)19-5-2/h6-9,11H,4-5,10H2,1-3H3/t11-/m1/s1. The number of benzene rings is 1. The lowest BCUT2D eigenvalue weighted by Gasteiger charge is -2.05. The maximum absolute atomic E-state index is 5.43. The molecule has 0 aliphatic rings. The number of hydrogen-bond donors (Lipinski definition) is 0. The Morgan fingerprint density at radius 3 is 2.62 bits per heavy atom. The van der Waals surface area contributed by atoms with Gasteiger partial charge in [-0.1, -0.05) is 5.16 Å². The molecule has 0 saturated carbocycles. The van der Waals surface area contributed by atoms with Crippen LogP contribution < -0.4 is 4.74 Å². The summed E-state index contributed by atoms with van der Waals surface area (Å²) in [6.45, 7) is 7.14. The van der Waals surface area contributed by atoms with Crippen LogP contribution in [0.4, 0.5) is 0 Å². The second kappa shape index (κ2) is 8.05. The highest BCUT2D eigenvalue weighted by molar-refractivity contribution is 7.98. The van der Waals surface area contributed by atoms with Gasteiger partial charge in [0.25, 0.3) is 0 Å². The molecule has 5 nitrogen and oxygen atoms in total. The number of hydrogen-bond acceptors (Lipinski definition) is 6. The summed E-state index contributed by atoms with van der Waals surface area (Å²) in [5, 5.41) is 3.94. The molecule has 0 fully saturated rings. The van der Waals surface area contributed by atoms with Crippen molar-refractivity contribution in [2.45, 2.75) is 37.5 Å². The second-order valence-electron chi connectivity index (χ2n) is 4.34. The Kier molecular flexibility index (Phi) is 6.07. The topological polar surface area (TPSA) is 57.4 Å². The van der Waals surface area contributed by atoms with Crippen LogP contribution in [0.25, 0.3) is 0 Å². The van der Waals surface area contributed by atoms with E-state index in [0.717, 1.165) is 10.6 Å². The van der Waals surface area contributed by atoms with Crippen LogP contribution >= 0.6 is 11.8 Å². The molecule has 0 saturated heterocycles. The lowest BCUT2D eigenvalue weighted by molar-refractivity contribution is 0.0683. The maximum Gasteiger partial charge on any atom is 0.237 e. The van der Waals surface area contributed by atoms with Gasteiger partial charge in [0.1, 0.15) is 11.9 Å². The molecule has 2 rings (SSSR count). The maximum atomic E-state index is 5.43. The van der Waals surface area contributed by atoms with E-state index in [1.807, 2.05) is 45.0 Å². The van der Waals surface area contributed by atoms with Crippen LogP contribution in [0.5, 0.6) is 5.75 Å². The van der Waals surface area contributed by atoms with Crippen molar-refractivity contribution in [1.29, 1.82) is 0 Å². The smallest absolute Gasteiger partial charge is 0.237 e. The molecular formula is C15H20N2O3S. The van der Waals surface area contributed by atoms with Gasteiger partial charge in [0.2, 0.25) is 5.89 Å². The fourth-order valence-electron chi connectivity index (χ4n) is 1.76. The fraction of sp³-hybridized carbons (Fsp3) is 0.467. The molecule has 0 unspecified atom stereocenters. The Hall–Kier alpha value is -1.53. The highest BCUT2D eigenvalue weighted by atomic mass is 32.2. The first-order valence-electron chi connectivity index (χ1n) is 7.02. The van der Waals surface area contributed by atoms with Gasteiger partial charge in [-0.05, 0) is 45.0 Å². The average Bonchev–Trinajstić information content (AvgIpc) is 2.96. The van der Waals surface area contributed by atoms with Gasteiger partial charge in [-0.15, -0.1) is 11.8 Å². The predicted octanol–water partition coefficient (Wildman–Crippen LogP) is 3.86. The van der Waals surface area contributed by atoms with E-state index in [9.17, 15) is 0 Å². The van der Waals surface area contributed by atoms with Crippen LogP contribution in [-0.2, 0) is 10.5 Å². The molecule has 0 N–H and O–H groups in total. The molecule has 0 aliphatic heterocycles. The molecule has 1 atom stereocenters. The first-order chi connectivity index (χ1) is 10.2. The lowest BCUT2D eigenvalue weighted by Crippen LogP contribution is -2.01. The summed E-state index contributed by atoms with van der Waals surface area (Å²) < 4.78 is 16.1. The Labute approximate surface area is 129 Å². The van der Waals surface area contributed by atoms with E-state index in [-0.39, 0.29) is 6.10 Å². The van der Waals surface area contributed by atoms with Crippen molar-refractivity contribution in [3.63, 3.8) is 0 Å². The average molecular weight is 308 g/mol. The summed E-state index contributed by atoms with van der Waals surface area (Å²) in [6, 6.07) is 7.97. The molecule has 114 valence electrons. The van der Waals surface area contributed by atoms with Gasteiger partial charge in [-0.3, -0.25) is 0 Å². The Morgan fingerprint density at radius 1 is 1.19 bits per heavy atom. The molecule has 2 aromatic rings. The summed E-state index contributed by atoms with van der Waals surface area (Å²) in [7, 11) is 0. The van der Waals surface area contributed by atoms with E-state index < -0.39 is 0 Å². The van der Waals surface area contributed by atoms with Crippen LogP contribution in [0, 0.1) is 0 Å². The first kappa shape index (κ1) is 15.9. The van der Waals surface area contributed by atoms with E-state index in [0.29, 0.717) is 30.7 Å². The van der Waals surface area contributed by atoms with E-state index in [2.05, 4.69) is 10.1 Å². The summed E-state index contributed by atoms with van der Waals surface area (Å²) in [6.07, 6.45) is -0.136. The molecule has 0 spiro atoms. The van der Waals surface area contributed by atoms with Crippen LogP contribution in [0.2, 0.25) is 0 Å². The van der Waals surface area contributed by atoms with Crippen molar-refractivity contribution >= 4 is 11.8 Å². The number of nitrogens with zero attached hydrogens (tertiary/aromatic N) is 2. The molecule has 0 amide bonds.